The summed E-state index contributed by atoms with van der Waals surface area (Å²) in [6, 6.07) is 1.54. The predicted molar refractivity (Wildman–Crippen MR) is 75.8 cm³/mol. The van der Waals surface area contributed by atoms with Gasteiger partial charge in [0.25, 0.3) is 0 Å². The summed E-state index contributed by atoms with van der Waals surface area (Å²) >= 11 is 0. The van der Waals surface area contributed by atoms with Gasteiger partial charge in [0.15, 0.2) is 0 Å². The number of rotatable bonds is 4. The molecule has 3 heteroatoms. The van der Waals surface area contributed by atoms with Crippen LogP contribution in [0.4, 0.5) is 0 Å². The molecule has 2 bridgehead atoms. The van der Waals surface area contributed by atoms with Gasteiger partial charge < -0.3 is 5.32 Å². The molecule has 3 heterocycles. The SMILES string of the molecule is CCNC(C1CCCCC1)C1CN2CCN1CC2. The van der Waals surface area contributed by atoms with Crippen molar-refractivity contribution in [3.8, 4) is 0 Å². The van der Waals surface area contributed by atoms with E-state index in [-0.39, 0.29) is 0 Å². The minimum atomic E-state index is 0.749. The number of likely N-dealkylation sites (N-methyl/N-ethyl adjacent to an activating group) is 1. The Morgan fingerprint density at radius 2 is 1.78 bits per heavy atom. The van der Waals surface area contributed by atoms with E-state index < -0.39 is 0 Å². The lowest BCUT2D eigenvalue weighted by Gasteiger charge is -2.52. The molecule has 0 aromatic rings. The van der Waals surface area contributed by atoms with Crippen molar-refractivity contribution < 1.29 is 0 Å². The maximum atomic E-state index is 3.84. The van der Waals surface area contributed by atoms with Crippen molar-refractivity contribution in [3.63, 3.8) is 0 Å². The van der Waals surface area contributed by atoms with Gasteiger partial charge in [0.1, 0.15) is 0 Å². The van der Waals surface area contributed by atoms with Gasteiger partial charge in [0.05, 0.1) is 0 Å². The molecule has 3 nitrogen and oxygen atoms in total. The number of nitrogens with one attached hydrogen (secondary N) is 1. The molecule has 2 unspecified atom stereocenters. The summed E-state index contributed by atoms with van der Waals surface area (Å²) in [5.41, 5.74) is 0. The maximum absolute atomic E-state index is 3.84. The van der Waals surface area contributed by atoms with E-state index in [0.29, 0.717) is 0 Å². The smallest absolute Gasteiger partial charge is 0.0380 e. The second-order valence-electron chi connectivity index (χ2n) is 6.39. The van der Waals surface area contributed by atoms with Gasteiger partial charge in [0.2, 0.25) is 0 Å². The molecule has 3 saturated heterocycles. The van der Waals surface area contributed by atoms with Crippen molar-refractivity contribution >= 4 is 0 Å². The summed E-state index contributed by atoms with van der Waals surface area (Å²) in [6.45, 7) is 9.94. The van der Waals surface area contributed by atoms with Crippen LogP contribution < -0.4 is 5.32 Å². The Bertz CT molecular complexity index is 254. The Labute approximate surface area is 112 Å². The fourth-order valence-electron chi connectivity index (χ4n) is 4.34. The highest BCUT2D eigenvalue weighted by atomic mass is 15.4. The summed E-state index contributed by atoms with van der Waals surface area (Å²) in [5.74, 6) is 0.934. The summed E-state index contributed by atoms with van der Waals surface area (Å²) in [4.78, 5) is 5.44. The Balaban J connectivity index is 1.68. The first-order valence-electron chi connectivity index (χ1n) is 8.08. The van der Waals surface area contributed by atoms with Crippen LogP contribution >= 0.6 is 0 Å². The number of piperazine rings is 3. The van der Waals surface area contributed by atoms with Gasteiger partial charge in [-0.2, -0.15) is 0 Å². The van der Waals surface area contributed by atoms with Crippen LogP contribution in [-0.4, -0.2) is 61.2 Å². The normalized spacial score (nSPS) is 38.8. The Hall–Kier alpha value is -0.120. The van der Waals surface area contributed by atoms with E-state index in [2.05, 4.69) is 22.0 Å². The van der Waals surface area contributed by atoms with Gasteiger partial charge >= 0.3 is 0 Å². The summed E-state index contributed by atoms with van der Waals surface area (Å²) < 4.78 is 0. The molecular weight excluding hydrogens is 222 g/mol. The zero-order chi connectivity index (χ0) is 12.4. The highest BCUT2D eigenvalue weighted by Gasteiger charge is 2.39. The van der Waals surface area contributed by atoms with Crippen molar-refractivity contribution in [1.29, 1.82) is 0 Å². The van der Waals surface area contributed by atoms with Crippen molar-refractivity contribution in [2.45, 2.75) is 51.1 Å². The average molecular weight is 251 g/mol. The van der Waals surface area contributed by atoms with Crippen molar-refractivity contribution in [2.24, 2.45) is 5.92 Å². The predicted octanol–water partition coefficient (Wildman–Crippen LogP) is 1.54. The third-order valence-electron chi connectivity index (χ3n) is 5.33. The molecule has 104 valence electrons. The maximum Gasteiger partial charge on any atom is 0.0380 e. The topological polar surface area (TPSA) is 18.5 Å². The van der Waals surface area contributed by atoms with E-state index in [1.165, 1.54) is 64.8 Å². The van der Waals surface area contributed by atoms with Gasteiger partial charge in [0, 0.05) is 44.8 Å². The zero-order valence-electron chi connectivity index (χ0n) is 11.9. The minimum Gasteiger partial charge on any atom is -0.312 e. The van der Waals surface area contributed by atoms with E-state index in [4.69, 9.17) is 0 Å². The fraction of sp³-hybridized carbons (Fsp3) is 1.00. The van der Waals surface area contributed by atoms with Crippen molar-refractivity contribution in [1.82, 2.24) is 15.1 Å². The molecule has 0 radical (unpaired) electrons. The van der Waals surface area contributed by atoms with E-state index >= 15 is 0 Å². The second kappa shape index (κ2) is 5.89. The first-order valence-corrected chi connectivity index (χ1v) is 8.08. The van der Waals surface area contributed by atoms with Crippen molar-refractivity contribution in [3.05, 3.63) is 0 Å². The van der Waals surface area contributed by atoms with Gasteiger partial charge in [-0.25, -0.2) is 0 Å². The van der Waals surface area contributed by atoms with E-state index in [0.717, 1.165) is 24.5 Å². The van der Waals surface area contributed by atoms with Crippen LogP contribution in [0.5, 0.6) is 0 Å². The van der Waals surface area contributed by atoms with E-state index in [1.807, 2.05) is 0 Å². The third kappa shape index (κ3) is 2.59. The average Bonchev–Trinajstić information content (AvgIpc) is 2.47. The first kappa shape index (κ1) is 12.9. The molecule has 1 aliphatic carbocycles. The second-order valence-corrected chi connectivity index (χ2v) is 6.39. The molecule has 0 aromatic carbocycles. The number of hydrogen-bond donors (Lipinski definition) is 1. The highest BCUT2D eigenvalue weighted by Crippen LogP contribution is 2.31. The van der Waals surface area contributed by atoms with Crippen LogP contribution in [0.3, 0.4) is 0 Å². The first-order chi connectivity index (χ1) is 8.88. The van der Waals surface area contributed by atoms with Crippen LogP contribution in [0, 0.1) is 5.92 Å². The Morgan fingerprint density at radius 1 is 1.06 bits per heavy atom. The molecular formula is C15H29N3. The molecule has 0 aromatic heterocycles. The number of fused-ring (bicyclic) bond motifs is 3. The monoisotopic (exact) mass is 251 g/mol. The van der Waals surface area contributed by atoms with Gasteiger partial charge in [-0.3, -0.25) is 9.80 Å². The number of nitrogens with zero attached hydrogens (tertiary/aromatic N) is 2. The molecule has 2 atom stereocenters. The minimum absolute atomic E-state index is 0.749. The molecule has 3 aliphatic heterocycles. The molecule has 1 N–H and O–H groups in total. The molecule has 0 spiro atoms. The van der Waals surface area contributed by atoms with Crippen molar-refractivity contribution in [2.75, 3.05) is 39.3 Å². The van der Waals surface area contributed by atoms with Gasteiger partial charge in [-0.1, -0.05) is 26.2 Å². The highest BCUT2D eigenvalue weighted by molar-refractivity contribution is 4.97. The van der Waals surface area contributed by atoms with Crippen LogP contribution in [0.25, 0.3) is 0 Å². The fourth-order valence-corrected chi connectivity index (χ4v) is 4.34. The molecule has 4 fully saturated rings. The molecule has 1 saturated carbocycles. The Morgan fingerprint density at radius 3 is 2.33 bits per heavy atom. The van der Waals surface area contributed by atoms with E-state index in [9.17, 15) is 0 Å². The Kier molecular flexibility index (Phi) is 4.22. The third-order valence-corrected chi connectivity index (χ3v) is 5.33. The summed E-state index contributed by atoms with van der Waals surface area (Å²) in [6.07, 6.45) is 7.31. The number of hydrogen-bond acceptors (Lipinski definition) is 3. The van der Waals surface area contributed by atoms with Crippen LogP contribution in [0.1, 0.15) is 39.0 Å². The largest absolute Gasteiger partial charge is 0.312 e. The van der Waals surface area contributed by atoms with Crippen LogP contribution in [0.15, 0.2) is 0 Å². The van der Waals surface area contributed by atoms with Crippen LogP contribution in [0.2, 0.25) is 0 Å². The quantitative estimate of drug-likeness (QED) is 0.818. The molecule has 4 aliphatic rings. The lowest BCUT2D eigenvalue weighted by molar-refractivity contribution is -0.0161. The van der Waals surface area contributed by atoms with E-state index in [1.54, 1.807) is 0 Å². The lowest BCUT2D eigenvalue weighted by Crippen LogP contribution is -2.67. The molecule has 18 heavy (non-hydrogen) atoms. The standard InChI is InChI=1S/C15H29N3/c1-2-16-15(13-6-4-3-5-7-13)14-12-17-8-10-18(14)11-9-17/h13-16H,2-12H2,1H3. The van der Waals surface area contributed by atoms with Gasteiger partial charge in [-0.15, -0.1) is 0 Å². The summed E-state index contributed by atoms with van der Waals surface area (Å²) in [7, 11) is 0. The molecule has 0 amide bonds. The molecule has 4 rings (SSSR count). The van der Waals surface area contributed by atoms with Crippen LogP contribution in [-0.2, 0) is 0 Å². The zero-order valence-corrected chi connectivity index (χ0v) is 11.9. The summed E-state index contributed by atoms with van der Waals surface area (Å²) in [5, 5.41) is 3.84. The van der Waals surface area contributed by atoms with Gasteiger partial charge in [-0.05, 0) is 25.3 Å². The lowest BCUT2D eigenvalue weighted by atomic mass is 9.79.